The quantitative estimate of drug-likeness (QED) is 0.509. The molecule has 0 aliphatic carbocycles. The first kappa shape index (κ1) is 13.9. The molecule has 0 aliphatic heterocycles. The molecule has 0 bridgehead atoms. The van der Waals surface area contributed by atoms with Crippen LogP contribution in [-0.2, 0) is 14.4 Å². The van der Waals surface area contributed by atoms with Gasteiger partial charge in [0.15, 0.2) is 0 Å². The molecule has 0 spiro atoms. The second-order valence-electron chi connectivity index (χ2n) is 3.25. The average molecular weight is 216 g/mol. The summed E-state index contributed by atoms with van der Waals surface area (Å²) in [6.45, 7) is 6.45. The number of methoxy groups -OCH3 is 1. The first-order valence-corrected chi connectivity index (χ1v) is 5.08. The van der Waals surface area contributed by atoms with E-state index in [1.54, 1.807) is 14.0 Å². The Kier molecular flexibility index (Phi) is 7.62. The lowest BCUT2D eigenvalue weighted by molar-refractivity contribution is -0.115. The van der Waals surface area contributed by atoms with Gasteiger partial charge in [-0.1, -0.05) is 5.16 Å². The molecule has 1 N–H and O–H groups in total. The third kappa shape index (κ3) is 6.90. The topological polar surface area (TPSA) is 59.9 Å². The van der Waals surface area contributed by atoms with Gasteiger partial charge >= 0.3 is 0 Å². The van der Waals surface area contributed by atoms with E-state index in [2.05, 4.69) is 10.5 Å². The number of nitrogens with zero attached hydrogens (tertiary/aromatic N) is 1. The van der Waals surface area contributed by atoms with Crippen LogP contribution in [0.25, 0.3) is 0 Å². The molecule has 15 heavy (non-hydrogen) atoms. The maximum atomic E-state index is 11.5. The zero-order valence-electron chi connectivity index (χ0n) is 9.87. The van der Waals surface area contributed by atoms with Crippen molar-refractivity contribution in [3.63, 3.8) is 0 Å². The molecule has 1 atom stereocenters. The van der Waals surface area contributed by atoms with Gasteiger partial charge in [0.25, 0.3) is 5.91 Å². The number of ether oxygens (including phenoxy) is 1. The number of rotatable bonds is 7. The fourth-order valence-electron chi connectivity index (χ4n) is 0.898. The summed E-state index contributed by atoms with van der Waals surface area (Å²) in [4.78, 5) is 16.2. The predicted molar refractivity (Wildman–Crippen MR) is 58.8 cm³/mol. The highest BCUT2D eigenvalue weighted by molar-refractivity contribution is 6.37. The SMILES string of the molecule is CCO/N=C(\C)C(=O)N[C@H](C)CCOC. The minimum atomic E-state index is -0.202. The molecule has 0 rings (SSSR count). The van der Waals surface area contributed by atoms with Gasteiger partial charge in [-0.15, -0.1) is 0 Å². The highest BCUT2D eigenvalue weighted by Crippen LogP contribution is 1.91. The van der Waals surface area contributed by atoms with Crippen molar-refractivity contribution in [3.8, 4) is 0 Å². The van der Waals surface area contributed by atoms with Gasteiger partial charge in [0, 0.05) is 19.8 Å². The highest BCUT2D eigenvalue weighted by Gasteiger charge is 2.10. The molecule has 0 aromatic rings. The summed E-state index contributed by atoms with van der Waals surface area (Å²) < 4.78 is 4.91. The summed E-state index contributed by atoms with van der Waals surface area (Å²) in [6.07, 6.45) is 0.782. The molecular formula is C10H20N2O3. The van der Waals surface area contributed by atoms with Crippen LogP contribution in [0.4, 0.5) is 0 Å². The van der Waals surface area contributed by atoms with E-state index >= 15 is 0 Å². The third-order valence-corrected chi connectivity index (χ3v) is 1.79. The molecule has 0 fully saturated rings. The monoisotopic (exact) mass is 216 g/mol. The van der Waals surface area contributed by atoms with Crippen LogP contribution in [-0.4, -0.2) is 38.0 Å². The molecule has 0 heterocycles. The summed E-state index contributed by atoms with van der Waals surface area (Å²) in [5.74, 6) is -0.202. The lowest BCUT2D eigenvalue weighted by atomic mass is 10.2. The molecule has 5 heteroatoms. The fraction of sp³-hybridized carbons (Fsp3) is 0.800. The minimum Gasteiger partial charge on any atom is -0.396 e. The number of hydrogen-bond donors (Lipinski definition) is 1. The molecule has 0 radical (unpaired) electrons. The second-order valence-corrected chi connectivity index (χ2v) is 3.25. The first-order valence-electron chi connectivity index (χ1n) is 5.08. The Balaban J connectivity index is 3.90. The zero-order chi connectivity index (χ0) is 11.7. The molecule has 88 valence electrons. The van der Waals surface area contributed by atoms with Crippen molar-refractivity contribution < 1.29 is 14.4 Å². The Morgan fingerprint density at radius 3 is 2.73 bits per heavy atom. The number of amides is 1. The van der Waals surface area contributed by atoms with Gasteiger partial charge in [0.1, 0.15) is 12.3 Å². The maximum absolute atomic E-state index is 11.5. The standard InChI is InChI=1S/C10H20N2O3/c1-5-15-12-9(3)10(13)11-8(2)6-7-14-4/h8H,5-7H2,1-4H3,(H,11,13)/b12-9+/t8-/m1/s1. The molecule has 1 amide bonds. The summed E-state index contributed by atoms with van der Waals surface area (Å²) in [7, 11) is 1.64. The lowest BCUT2D eigenvalue weighted by Gasteiger charge is -2.12. The Hall–Kier alpha value is -1.10. The summed E-state index contributed by atoms with van der Waals surface area (Å²) >= 11 is 0. The van der Waals surface area contributed by atoms with Gasteiger partial charge in [0.05, 0.1) is 0 Å². The smallest absolute Gasteiger partial charge is 0.268 e. The van der Waals surface area contributed by atoms with Crippen LogP contribution in [0.1, 0.15) is 27.2 Å². The van der Waals surface area contributed by atoms with Crippen molar-refractivity contribution in [1.82, 2.24) is 5.32 Å². The molecule has 0 aromatic heterocycles. The van der Waals surface area contributed by atoms with E-state index in [0.29, 0.717) is 18.9 Å². The van der Waals surface area contributed by atoms with Crippen LogP contribution in [0.15, 0.2) is 5.16 Å². The normalized spacial score (nSPS) is 13.5. The zero-order valence-corrected chi connectivity index (χ0v) is 9.87. The van der Waals surface area contributed by atoms with Crippen LogP contribution in [0.5, 0.6) is 0 Å². The molecule has 0 aliphatic rings. The van der Waals surface area contributed by atoms with Gasteiger partial charge < -0.3 is 14.9 Å². The Labute approximate surface area is 90.8 Å². The molecule has 0 aromatic carbocycles. The van der Waals surface area contributed by atoms with Crippen molar-refractivity contribution >= 4 is 11.6 Å². The van der Waals surface area contributed by atoms with E-state index in [0.717, 1.165) is 6.42 Å². The Morgan fingerprint density at radius 1 is 1.53 bits per heavy atom. The molecule has 0 saturated heterocycles. The molecule has 0 unspecified atom stereocenters. The van der Waals surface area contributed by atoms with Crippen LogP contribution in [0.3, 0.4) is 0 Å². The summed E-state index contributed by atoms with van der Waals surface area (Å²) in [5.41, 5.74) is 0.334. The lowest BCUT2D eigenvalue weighted by Crippen LogP contribution is -2.37. The number of carbonyl (C=O) groups is 1. The van der Waals surface area contributed by atoms with Crippen molar-refractivity contribution in [2.45, 2.75) is 33.2 Å². The second kappa shape index (κ2) is 8.23. The number of carbonyl (C=O) groups excluding carboxylic acids is 1. The molecule has 5 nitrogen and oxygen atoms in total. The minimum absolute atomic E-state index is 0.0734. The van der Waals surface area contributed by atoms with E-state index in [1.165, 1.54) is 0 Å². The maximum Gasteiger partial charge on any atom is 0.268 e. The number of nitrogens with one attached hydrogen (secondary N) is 1. The first-order chi connectivity index (χ1) is 7.11. The van der Waals surface area contributed by atoms with E-state index in [4.69, 9.17) is 9.57 Å². The van der Waals surface area contributed by atoms with Crippen molar-refractivity contribution in [1.29, 1.82) is 0 Å². The van der Waals surface area contributed by atoms with Crippen LogP contribution >= 0.6 is 0 Å². The fourth-order valence-corrected chi connectivity index (χ4v) is 0.898. The van der Waals surface area contributed by atoms with Gasteiger partial charge in [-0.3, -0.25) is 4.79 Å². The van der Waals surface area contributed by atoms with Crippen molar-refractivity contribution in [2.24, 2.45) is 5.16 Å². The Morgan fingerprint density at radius 2 is 2.20 bits per heavy atom. The molecule has 0 saturated carbocycles. The predicted octanol–water partition coefficient (Wildman–Crippen LogP) is 0.940. The van der Waals surface area contributed by atoms with E-state index in [-0.39, 0.29) is 11.9 Å². The van der Waals surface area contributed by atoms with Crippen molar-refractivity contribution in [3.05, 3.63) is 0 Å². The largest absolute Gasteiger partial charge is 0.396 e. The highest BCUT2D eigenvalue weighted by atomic mass is 16.6. The van der Waals surface area contributed by atoms with Gasteiger partial charge in [-0.2, -0.15) is 0 Å². The number of oxime groups is 1. The van der Waals surface area contributed by atoms with Gasteiger partial charge in [-0.05, 0) is 27.2 Å². The average Bonchev–Trinajstić information content (AvgIpc) is 2.22. The van der Waals surface area contributed by atoms with Gasteiger partial charge in [-0.25, -0.2) is 0 Å². The third-order valence-electron chi connectivity index (χ3n) is 1.79. The summed E-state index contributed by atoms with van der Waals surface area (Å²) in [5, 5.41) is 6.44. The number of hydrogen-bond acceptors (Lipinski definition) is 4. The van der Waals surface area contributed by atoms with E-state index < -0.39 is 0 Å². The van der Waals surface area contributed by atoms with Crippen LogP contribution < -0.4 is 5.32 Å². The van der Waals surface area contributed by atoms with E-state index in [1.807, 2.05) is 13.8 Å². The summed E-state index contributed by atoms with van der Waals surface area (Å²) in [6, 6.07) is 0.0734. The van der Waals surface area contributed by atoms with Crippen LogP contribution in [0, 0.1) is 0 Å². The molecular weight excluding hydrogens is 196 g/mol. The van der Waals surface area contributed by atoms with Gasteiger partial charge in [0.2, 0.25) is 0 Å². The van der Waals surface area contributed by atoms with Crippen LogP contribution in [0.2, 0.25) is 0 Å². The van der Waals surface area contributed by atoms with Crippen molar-refractivity contribution in [2.75, 3.05) is 20.3 Å². The Bertz CT molecular complexity index is 217. The van der Waals surface area contributed by atoms with E-state index in [9.17, 15) is 4.79 Å².